The molecule has 2 aromatic carbocycles. The van der Waals surface area contributed by atoms with Gasteiger partial charge in [0.1, 0.15) is 12.4 Å². The monoisotopic (exact) mass is 251 g/mol. The zero-order valence-electron chi connectivity index (χ0n) is 11.3. The fourth-order valence-electron chi connectivity index (χ4n) is 1.98. The highest BCUT2D eigenvalue weighted by atomic mass is 16.5. The van der Waals surface area contributed by atoms with E-state index in [0.29, 0.717) is 18.1 Å². The smallest absolute Gasteiger partial charge is 0.123 e. The summed E-state index contributed by atoms with van der Waals surface area (Å²) in [6.45, 7) is 4.79. The molecule has 2 heteroatoms. The van der Waals surface area contributed by atoms with Crippen LogP contribution in [0.3, 0.4) is 0 Å². The summed E-state index contributed by atoms with van der Waals surface area (Å²) in [7, 11) is 0. The van der Waals surface area contributed by atoms with E-state index in [0.717, 1.165) is 11.3 Å². The molecule has 0 saturated heterocycles. The van der Waals surface area contributed by atoms with Crippen molar-refractivity contribution in [2.45, 2.75) is 26.4 Å². The minimum atomic E-state index is 0.432. The van der Waals surface area contributed by atoms with E-state index in [4.69, 9.17) is 10.00 Å². The Bertz CT molecular complexity index is 596. The number of nitriles is 1. The van der Waals surface area contributed by atoms with Gasteiger partial charge in [-0.15, -0.1) is 0 Å². The Morgan fingerprint density at radius 2 is 1.89 bits per heavy atom. The molecule has 0 aromatic heterocycles. The third-order valence-corrected chi connectivity index (χ3v) is 2.99. The Morgan fingerprint density at radius 3 is 2.63 bits per heavy atom. The van der Waals surface area contributed by atoms with Gasteiger partial charge in [-0.1, -0.05) is 44.2 Å². The van der Waals surface area contributed by atoms with Crippen LogP contribution in [0.15, 0.2) is 48.5 Å². The molecule has 0 bridgehead atoms. The van der Waals surface area contributed by atoms with Gasteiger partial charge < -0.3 is 4.74 Å². The second kappa shape index (κ2) is 6.06. The highest BCUT2D eigenvalue weighted by molar-refractivity contribution is 5.36. The van der Waals surface area contributed by atoms with Crippen LogP contribution in [0.25, 0.3) is 0 Å². The predicted molar refractivity (Wildman–Crippen MR) is 76.0 cm³/mol. The van der Waals surface area contributed by atoms with Crippen molar-refractivity contribution < 1.29 is 4.74 Å². The second-order valence-corrected chi connectivity index (χ2v) is 4.79. The lowest BCUT2D eigenvalue weighted by Crippen LogP contribution is -1.99. The Balaban J connectivity index is 2.12. The normalized spacial score (nSPS) is 10.2. The van der Waals surface area contributed by atoms with Gasteiger partial charge in [0.05, 0.1) is 11.6 Å². The zero-order valence-corrected chi connectivity index (χ0v) is 11.3. The van der Waals surface area contributed by atoms with Crippen molar-refractivity contribution in [1.29, 1.82) is 5.26 Å². The minimum absolute atomic E-state index is 0.432. The molecular weight excluding hydrogens is 234 g/mol. The van der Waals surface area contributed by atoms with Crippen molar-refractivity contribution in [3.63, 3.8) is 0 Å². The Labute approximate surface area is 114 Å². The van der Waals surface area contributed by atoms with E-state index in [-0.39, 0.29) is 0 Å². The molecule has 19 heavy (non-hydrogen) atoms. The summed E-state index contributed by atoms with van der Waals surface area (Å²) in [6.07, 6.45) is 0. The van der Waals surface area contributed by atoms with Crippen LogP contribution in [0.5, 0.6) is 5.75 Å². The number of para-hydroxylation sites is 1. The largest absolute Gasteiger partial charge is 0.489 e. The number of nitrogens with zero attached hydrogens (tertiary/aromatic N) is 1. The van der Waals surface area contributed by atoms with Gasteiger partial charge in [0.2, 0.25) is 0 Å². The summed E-state index contributed by atoms with van der Waals surface area (Å²) >= 11 is 0. The summed E-state index contributed by atoms with van der Waals surface area (Å²) in [6, 6.07) is 17.7. The third kappa shape index (κ3) is 3.35. The van der Waals surface area contributed by atoms with Gasteiger partial charge >= 0.3 is 0 Å². The quantitative estimate of drug-likeness (QED) is 0.813. The maximum Gasteiger partial charge on any atom is 0.123 e. The first-order valence-corrected chi connectivity index (χ1v) is 6.41. The van der Waals surface area contributed by atoms with Gasteiger partial charge in [0.15, 0.2) is 0 Å². The van der Waals surface area contributed by atoms with Crippen LogP contribution in [-0.4, -0.2) is 0 Å². The molecule has 0 heterocycles. The van der Waals surface area contributed by atoms with Crippen molar-refractivity contribution in [2.24, 2.45) is 0 Å². The predicted octanol–water partition coefficient (Wildman–Crippen LogP) is 4.26. The molecule has 0 N–H and O–H groups in total. The van der Waals surface area contributed by atoms with Crippen LogP contribution in [0, 0.1) is 11.3 Å². The van der Waals surface area contributed by atoms with E-state index in [1.54, 1.807) is 6.07 Å². The lowest BCUT2D eigenvalue weighted by Gasteiger charge is -2.13. The summed E-state index contributed by atoms with van der Waals surface area (Å²) in [5, 5.41) is 8.87. The Morgan fingerprint density at radius 1 is 1.11 bits per heavy atom. The number of ether oxygens (including phenoxy) is 1. The minimum Gasteiger partial charge on any atom is -0.489 e. The van der Waals surface area contributed by atoms with Gasteiger partial charge in [0, 0.05) is 0 Å². The summed E-state index contributed by atoms with van der Waals surface area (Å²) in [4.78, 5) is 0. The van der Waals surface area contributed by atoms with Crippen LogP contribution in [0.1, 0.15) is 36.5 Å². The molecule has 0 spiro atoms. The Hall–Kier alpha value is -2.27. The van der Waals surface area contributed by atoms with E-state index < -0.39 is 0 Å². The first-order chi connectivity index (χ1) is 9.20. The van der Waals surface area contributed by atoms with Gasteiger partial charge in [-0.2, -0.15) is 5.26 Å². The van der Waals surface area contributed by atoms with E-state index >= 15 is 0 Å². The molecule has 0 unspecified atom stereocenters. The van der Waals surface area contributed by atoms with Gasteiger partial charge in [-0.25, -0.2) is 0 Å². The standard InChI is InChI=1S/C17H17NO/c1-13(2)16-8-3-4-9-17(16)19-12-15-7-5-6-14(10-15)11-18/h3-10,13H,12H2,1-2H3. The summed E-state index contributed by atoms with van der Waals surface area (Å²) in [5.41, 5.74) is 2.88. The van der Waals surface area contributed by atoms with Crippen molar-refractivity contribution in [3.05, 3.63) is 65.2 Å². The number of benzene rings is 2. The molecule has 0 atom stereocenters. The summed E-state index contributed by atoms with van der Waals surface area (Å²) < 4.78 is 5.87. The molecule has 0 aliphatic carbocycles. The van der Waals surface area contributed by atoms with Crippen molar-refractivity contribution >= 4 is 0 Å². The zero-order chi connectivity index (χ0) is 13.7. The number of hydrogen-bond donors (Lipinski definition) is 0. The topological polar surface area (TPSA) is 33.0 Å². The molecule has 2 nitrogen and oxygen atoms in total. The van der Waals surface area contributed by atoms with Crippen LogP contribution in [0.2, 0.25) is 0 Å². The first kappa shape index (κ1) is 13.2. The third-order valence-electron chi connectivity index (χ3n) is 2.99. The molecular formula is C17H17NO. The van der Waals surface area contributed by atoms with E-state index in [1.165, 1.54) is 5.56 Å². The molecule has 2 aromatic rings. The molecule has 0 radical (unpaired) electrons. The molecule has 0 aliphatic heterocycles. The van der Waals surface area contributed by atoms with E-state index in [9.17, 15) is 0 Å². The van der Waals surface area contributed by atoms with Gasteiger partial charge in [0.25, 0.3) is 0 Å². The first-order valence-electron chi connectivity index (χ1n) is 6.41. The average molecular weight is 251 g/mol. The maximum absolute atomic E-state index is 8.87. The molecule has 0 fully saturated rings. The average Bonchev–Trinajstić information content (AvgIpc) is 2.45. The fraction of sp³-hybridized carbons (Fsp3) is 0.235. The van der Waals surface area contributed by atoms with Crippen LogP contribution in [0.4, 0.5) is 0 Å². The van der Waals surface area contributed by atoms with Crippen molar-refractivity contribution in [1.82, 2.24) is 0 Å². The SMILES string of the molecule is CC(C)c1ccccc1OCc1cccc(C#N)c1. The molecule has 0 aliphatic rings. The molecule has 96 valence electrons. The van der Waals surface area contributed by atoms with Crippen LogP contribution >= 0.6 is 0 Å². The van der Waals surface area contributed by atoms with Crippen molar-refractivity contribution in [3.8, 4) is 11.8 Å². The van der Waals surface area contributed by atoms with Gasteiger partial charge in [-0.05, 0) is 35.2 Å². The van der Waals surface area contributed by atoms with Gasteiger partial charge in [-0.3, -0.25) is 0 Å². The number of hydrogen-bond acceptors (Lipinski definition) is 2. The van der Waals surface area contributed by atoms with Crippen molar-refractivity contribution in [2.75, 3.05) is 0 Å². The van der Waals surface area contributed by atoms with Crippen LogP contribution < -0.4 is 4.74 Å². The number of rotatable bonds is 4. The molecule has 0 amide bonds. The van der Waals surface area contributed by atoms with E-state index in [1.807, 2.05) is 36.4 Å². The maximum atomic E-state index is 8.87. The highest BCUT2D eigenvalue weighted by Crippen LogP contribution is 2.26. The second-order valence-electron chi connectivity index (χ2n) is 4.79. The van der Waals surface area contributed by atoms with Crippen LogP contribution in [-0.2, 0) is 6.61 Å². The molecule has 2 rings (SSSR count). The lowest BCUT2D eigenvalue weighted by molar-refractivity contribution is 0.302. The lowest BCUT2D eigenvalue weighted by atomic mass is 10.0. The summed E-state index contributed by atoms with van der Waals surface area (Å²) in [5.74, 6) is 1.35. The fourth-order valence-corrected chi connectivity index (χ4v) is 1.98. The highest BCUT2D eigenvalue weighted by Gasteiger charge is 2.07. The molecule has 0 saturated carbocycles. The van der Waals surface area contributed by atoms with E-state index in [2.05, 4.69) is 26.0 Å². The Kier molecular flexibility index (Phi) is 4.20.